The molecule has 2 aromatic heterocycles. The maximum Gasteiger partial charge on any atom is 0.319 e. The number of ether oxygens (including phenoxy) is 1. The van der Waals surface area contributed by atoms with Crippen LogP contribution in [0, 0.1) is 0 Å². The van der Waals surface area contributed by atoms with Crippen LogP contribution in [-0.4, -0.2) is 31.9 Å². The van der Waals surface area contributed by atoms with Crippen molar-refractivity contribution in [2.75, 3.05) is 5.32 Å². The standard InChI is InChI=1S/C17H16N6O2/c1-11-15(13-5-2-3-6-14(13)25-11)22-17(24)21-12-9-20-23(10-12)16-18-7-4-8-19-16/h2-11,15H,1H3,(H2,21,22,24)/t11-,15+/m1/s1. The number of urea groups is 1. The first kappa shape index (κ1) is 15.1. The molecule has 1 aliphatic heterocycles. The highest BCUT2D eigenvalue weighted by molar-refractivity contribution is 5.89. The molecule has 1 aliphatic rings. The van der Waals surface area contributed by atoms with Gasteiger partial charge in [0.05, 0.1) is 24.1 Å². The van der Waals surface area contributed by atoms with Gasteiger partial charge in [0.25, 0.3) is 0 Å². The van der Waals surface area contributed by atoms with Gasteiger partial charge in [-0.2, -0.15) is 5.10 Å². The molecule has 3 aromatic rings. The van der Waals surface area contributed by atoms with Crippen LogP contribution in [0.4, 0.5) is 10.5 Å². The minimum absolute atomic E-state index is 0.136. The highest BCUT2D eigenvalue weighted by Gasteiger charge is 2.32. The number of aromatic nitrogens is 4. The largest absolute Gasteiger partial charge is 0.488 e. The molecule has 0 unspecified atom stereocenters. The van der Waals surface area contributed by atoms with E-state index in [9.17, 15) is 4.79 Å². The summed E-state index contributed by atoms with van der Waals surface area (Å²) in [5.74, 6) is 1.23. The van der Waals surface area contributed by atoms with E-state index in [1.807, 2.05) is 31.2 Å². The lowest BCUT2D eigenvalue weighted by Gasteiger charge is -2.16. The average molecular weight is 336 g/mol. The summed E-state index contributed by atoms with van der Waals surface area (Å²) < 4.78 is 7.25. The van der Waals surface area contributed by atoms with Gasteiger partial charge in [-0.1, -0.05) is 18.2 Å². The summed E-state index contributed by atoms with van der Waals surface area (Å²) >= 11 is 0. The van der Waals surface area contributed by atoms with Crippen molar-refractivity contribution >= 4 is 11.7 Å². The summed E-state index contributed by atoms with van der Waals surface area (Å²) in [6, 6.07) is 8.88. The molecule has 0 radical (unpaired) electrons. The normalized spacial score (nSPS) is 18.3. The van der Waals surface area contributed by atoms with Crippen LogP contribution in [-0.2, 0) is 0 Å². The zero-order valence-electron chi connectivity index (χ0n) is 13.5. The van der Waals surface area contributed by atoms with E-state index in [2.05, 4.69) is 25.7 Å². The first-order chi connectivity index (χ1) is 12.2. The molecule has 0 bridgehead atoms. The van der Waals surface area contributed by atoms with Crippen LogP contribution in [0.1, 0.15) is 18.5 Å². The number of hydrogen-bond acceptors (Lipinski definition) is 5. The number of anilines is 1. The maximum absolute atomic E-state index is 12.3. The summed E-state index contributed by atoms with van der Waals surface area (Å²) in [7, 11) is 0. The lowest BCUT2D eigenvalue weighted by Crippen LogP contribution is -2.36. The number of fused-ring (bicyclic) bond motifs is 1. The van der Waals surface area contributed by atoms with Crippen LogP contribution in [0.25, 0.3) is 5.95 Å². The quantitative estimate of drug-likeness (QED) is 0.765. The van der Waals surface area contributed by atoms with Crippen LogP contribution in [0.2, 0.25) is 0 Å². The van der Waals surface area contributed by atoms with Crippen molar-refractivity contribution in [1.29, 1.82) is 0 Å². The number of nitrogens with zero attached hydrogens (tertiary/aromatic N) is 4. The topological polar surface area (TPSA) is 94.0 Å². The summed E-state index contributed by atoms with van der Waals surface area (Å²) in [4.78, 5) is 20.5. The van der Waals surface area contributed by atoms with Gasteiger partial charge in [0.1, 0.15) is 11.9 Å². The molecular weight excluding hydrogens is 320 g/mol. The molecule has 2 amide bonds. The molecule has 4 rings (SSSR count). The Labute approximate surface area is 143 Å². The average Bonchev–Trinajstić information content (AvgIpc) is 3.21. The lowest BCUT2D eigenvalue weighted by molar-refractivity contribution is 0.204. The Morgan fingerprint density at radius 2 is 2.00 bits per heavy atom. The highest BCUT2D eigenvalue weighted by Crippen LogP contribution is 2.36. The lowest BCUT2D eigenvalue weighted by atomic mass is 10.1. The van der Waals surface area contributed by atoms with E-state index in [1.54, 1.807) is 30.9 Å². The summed E-state index contributed by atoms with van der Waals surface area (Å²) in [5, 5.41) is 9.85. The number of hydrogen-bond donors (Lipinski definition) is 2. The third kappa shape index (κ3) is 3.01. The van der Waals surface area contributed by atoms with Crippen molar-refractivity contribution in [2.24, 2.45) is 0 Å². The number of rotatable bonds is 3. The molecule has 1 aromatic carbocycles. The van der Waals surface area contributed by atoms with Gasteiger partial charge in [-0.15, -0.1) is 0 Å². The third-order valence-electron chi connectivity index (χ3n) is 3.92. The summed E-state index contributed by atoms with van der Waals surface area (Å²) in [6.07, 6.45) is 6.31. The molecule has 25 heavy (non-hydrogen) atoms. The van der Waals surface area contributed by atoms with E-state index in [0.29, 0.717) is 11.6 Å². The first-order valence-electron chi connectivity index (χ1n) is 7.86. The van der Waals surface area contributed by atoms with E-state index >= 15 is 0 Å². The molecular formula is C17H16N6O2. The number of benzene rings is 1. The number of nitrogens with one attached hydrogen (secondary N) is 2. The summed E-state index contributed by atoms with van der Waals surface area (Å²) in [5.41, 5.74) is 1.52. The van der Waals surface area contributed by atoms with Crippen molar-refractivity contribution in [2.45, 2.75) is 19.1 Å². The fourth-order valence-electron chi connectivity index (χ4n) is 2.78. The number of carbonyl (C=O) groups is 1. The van der Waals surface area contributed by atoms with E-state index in [-0.39, 0.29) is 18.2 Å². The molecule has 0 spiro atoms. The molecule has 8 nitrogen and oxygen atoms in total. The Bertz CT molecular complexity index is 895. The van der Waals surface area contributed by atoms with E-state index in [1.165, 1.54) is 4.68 Å². The van der Waals surface area contributed by atoms with Gasteiger partial charge in [-0.05, 0) is 19.1 Å². The molecule has 126 valence electrons. The van der Waals surface area contributed by atoms with Crippen molar-refractivity contribution < 1.29 is 9.53 Å². The first-order valence-corrected chi connectivity index (χ1v) is 7.86. The predicted octanol–water partition coefficient (Wildman–Crippen LogP) is 2.31. The van der Waals surface area contributed by atoms with Crippen molar-refractivity contribution in [3.05, 3.63) is 60.7 Å². The molecule has 8 heteroatoms. The molecule has 3 heterocycles. The number of para-hydroxylation sites is 1. The number of amides is 2. The van der Waals surface area contributed by atoms with Gasteiger partial charge in [0.2, 0.25) is 5.95 Å². The Morgan fingerprint density at radius 1 is 1.20 bits per heavy atom. The second-order valence-electron chi connectivity index (χ2n) is 5.66. The molecule has 2 atom stereocenters. The third-order valence-corrected chi connectivity index (χ3v) is 3.92. The van der Waals surface area contributed by atoms with E-state index in [4.69, 9.17) is 4.74 Å². The van der Waals surface area contributed by atoms with Gasteiger partial charge in [0.15, 0.2) is 0 Å². The fourth-order valence-corrected chi connectivity index (χ4v) is 2.78. The smallest absolute Gasteiger partial charge is 0.319 e. The van der Waals surface area contributed by atoms with Crippen LogP contribution >= 0.6 is 0 Å². The SMILES string of the molecule is C[C@H]1Oc2ccccc2[C@H]1NC(=O)Nc1cnn(-c2ncccn2)c1. The number of carbonyl (C=O) groups excluding carboxylic acids is 1. The van der Waals surface area contributed by atoms with Crippen molar-refractivity contribution in [3.63, 3.8) is 0 Å². The van der Waals surface area contributed by atoms with E-state index < -0.39 is 0 Å². The zero-order valence-corrected chi connectivity index (χ0v) is 13.5. The fraction of sp³-hybridized carbons (Fsp3) is 0.176. The maximum atomic E-state index is 12.3. The Hall–Kier alpha value is -3.42. The van der Waals surface area contributed by atoms with Crippen molar-refractivity contribution in [1.82, 2.24) is 25.1 Å². The Balaban J connectivity index is 1.44. The van der Waals surface area contributed by atoms with Gasteiger partial charge in [-0.3, -0.25) is 0 Å². The molecule has 0 fully saturated rings. The molecule has 0 saturated heterocycles. The van der Waals surface area contributed by atoms with Gasteiger partial charge in [-0.25, -0.2) is 19.4 Å². The Morgan fingerprint density at radius 3 is 2.84 bits per heavy atom. The van der Waals surface area contributed by atoms with Crippen LogP contribution < -0.4 is 15.4 Å². The van der Waals surface area contributed by atoms with Crippen LogP contribution in [0.5, 0.6) is 5.75 Å². The summed E-state index contributed by atoms with van der Waals surface area (Å²) in [6.45, 7) is 1.93. The minimum Gasteiger partial charge on any atom is -0.488 e. The Kier molecular flexibility index (Phi) is 3.77. The molecule has 2 N–H and O–H groups in total. The predicted molar refractivity (Wildman–Crippen MR) is 90.6 cm³/mol. The monoisotopic (exact) mass is 336 g/mol. The van der Waals surface area contributed by atoms with Crippen LogP contribution in [0.3, 0.4) is 0 Å². The van der Waals surface area contributed by atoms with Crippen LogP contribution in [0.15, 0.2) is 55.1 Å². The van der Waals surface area contributed by atoms with E-state index in [0.717, 1.165) is 11.3 Å². The second-order valence-corrected chi connectivity index (χ2v) is 5.66. The van der Waals surface area contributed by atoms with Gasteiger partial charge in [0, 0.05) is 18.0 Å². The molecule has 0 aliphatic carbocycles. The second kappa shape index (κ2) is 6.23. The van der Waals surface area contributed by atoms with Gasteiger partial charge >= 0.3 is 6.03 Å². The minimum atomic E-state index is -0.328. The zero-order chi connectivity index (χ0) is 17.2. The van der Waals surface area contributed by atoms with Gasteiger partial charge < -0.3 is 15.4 Å². The highest BCUT2D eigenvalue weighted by atomic mass is 16.5. The van der Waals surface area contributed by atoms with Crippen molar-refractivity contribution in [3.8, 4) is 11.7 Å². The molecule has 0 saturated carbocycles.